The number of aromatic nitrogens is 4. The Morgan fingerprint density at radius 2 is 1.06 bits per heavy atom. The molecule has 0 radical (unpaired) electrons. The van der Waals surface area contributed by atoms with E-state index < -0.39 is 11.9 Å². The summed E-state index contributed by atoms with van der Waals surface area (Å²) in [5, 5.41) is 35.9. The first-order valence-electron chi connectivity index (χ1n) is 8.91. The fourth-order valence-electron chi connectivity index (χ4n) is 2.10. The van der Waals surface area contributed by atoms with Crippen LogP contribution in [-0.2, 0) is 27.3 Å². The summed E-state index contributed by atoms with van der Waals surface area (Å²) in [5.74, 6) is -2.83. The van der Waals surface area contributed by atoms with Crippen LogP contribution in [0.3, 0.4) is 0 Å². The van der Waals surface area contributed by atoms with Crippen molar-refractivity contribution in [3.8, 4) is 0 Å². The van der Waals surface area contributed by atoms with Crippen molar-refractivity contribution in [2.45, 2.75) is 13.8 Å². The normalized spacial score (nSPS) is 9.16. The molecule has 11 heteroatoms. The number of carbonyl (C=O) groups excluding carboxylic acids is 2. The minimum Gasteiger partial charge on any atom is -0.542 e. The van der Waals surface area contributed by atoms with Gasteiger partial charge in [0.25, 0.3) is 0 Å². The predicted octanol–water partition coefficient (Wildman–Crippen LogP) is -0.152. The minimum atomic E-state index is -1.29. The number of hydrogen-bond acceptors (Lipinski definition) is 8. The minimum absolute atomic E-state index is 0. The molecule has 2 heterocycles. The van der Waals surface area contributed by atoms with Crippen molar-refractivity contribution in [3.63, 3.8) is 0 Å². The molecule has 31 heavy (non-hydrogen) atoms. The van der Waals surface area contributed by atoms with Crippen molar-refractivity contribution >= 4 is 34.0 Å². The quantitative estimate of drug-likeness (QED) is 0.260. The molecule has 0 atom stereocenters. The van der Waals surface area contributed by atoms with Gasteiger partial charge in [-0.05, 0) is 38.1 Å². The maximum absolute atomic E-state index is 10.4. The number of nitrogens with one attached hydrogen (secondary N) is 2. The summed E-state index contributed by atoms with van der Waals surface area (Å²) in [6, 6.07) is 14.2. The van der Waals surface area contributed by atoms with Gasteiger partial charge in [-0.15, -0.1) is 0 Å². The molecule has 0 aliphatic carbocycles. The van der Waals surface area contributed by atoms with Gasteiger partial charge in [0.05, 0.1) is 22.1 Å². The van der Waals surface area contributed by atoms with E-state index in [4.69, 9.17) is 10.2 Å². The van der Waals surface area contributed by atoms with Gasteiger partial charge in [-0.1, -0.05) is 24.3 Å². The monoisotopic (exact) mass is 528 g/mol. The third-order valence-electron chi connectivity index (χ3n) is 3.17. The van der Waals surface area contributed by atoms with Crippen LogP contribution in [0.2, 0.25) is 0 Å². The maximum atomic E-state index is 10.4. The summed E-state index contributed by atoms with van der Waals surface area (Å²) in [6.07, 6.45) is 0. The van der Waals surface area contributed by atoms with Crippen LogP contribution in [0, 0.1) is 0 Å². The molecular formula is C20H22CdN4O6. The Morgan fingerprint density at radius 3 is 1.32 bits per heavy atom. The van der Waals surface area contributed by atoms with Crippen LogP contribution in [0.15, 0.2) is 48.5 Å². The molecule has 0 saturated heterocycles. The van der Waals surface area contributed by atoms with Gasteiger partial charge in [0.15, 0.2) is 11.6 Å². The fourth-order valence-corrected chi connectivity index (χ4v) is 2.10. The van der Waals surface area contributed by atoms with Gasteiger partial charge in [0.2, 0.25) is 0 Å². The van der Waals surface area contributed by atoms with E-state index >= 15 is 0 Å². The molecule has 4 aromatic rings. The molecule has 4 N–H and O–H groups in total. The zero-order valence-electron chi connectivity index (χ0n) is 17.2. The number of fused-ring (bicyclic) bond motifs is 2. The molecular weight excluding hydrogens is 505 g/mol. The van der Waals surface area contributed by atoms with Crippen molar-refractivity contribution in [3.05, 3.63) is 60.2 Å². The van der Waals surface area contributed by atoms with E-state index in [0.717, 1.165) is 0 Å². The number of aromatic carboxylic acids is 2. The topological polar surface area (TPSA) is 178 Å². The first kappa shape index (κ1) is 28.2. The summed E-state index contributed by atoms with van der Waals surface area (Å²) in [4.78, 5) is 33.6. The summed E-state index contributed by atoms with van der Waals surface area (Å²) in [6.45, 7) is 3.86. The Hall–Kier alpha value is -2.84. The Bertz CT molecular complexity index is 928. The van der Waals surface area contributed by atoms with Gasteiger partial charge in [0.1, 0.15) is 11.9 Å². The van der Waals surface area contributed by atoms with Gasteiger partial charge in [-0.3, -0.25) is 0 Å². The molecule has 0 bridgehead atoms. The number of carboxylic acid groups (broad SMARTS) is 2. The standard InChI is InChI=1S/2C8H6N2O2.2C2H6O.Cd/c2*11-8(12)7-9-5-3-1-2-4-6(5)10-7;2*1-2-3;/h2*1-4H,(H,9,10)(H,11,12);2*3H,2H2,1H3;/q;;;;+2/p-2. The first-order valence-corrected chi connectivity index (χ1v) is 8.91. The number of aliphatic hydroxyl groups excluding tert-OH is 2. The number of H-pyrrole nitrogens is 2. The van der Waals surface area contributed by atoms with Crippen molar-refractivity contribution < 1.29 is 57.3 Å². The smallest absolute Gasteiger partial charge is 0.542 e. The molecule has 0 saturated carbocycles. The van der Waals surface area contributed by atoms with Gasteiger partial charge in [-0.2, -0.15) is 0 Å². The van der Waals surface area contributed by atoms with Crippen LogP contribution in [0.1, 0.15) is 35.1 Å². The second-order valence-corrected chi connectivity index (χ2v) is 5.41. The molecule has 10 nitrogen and oxygen atoms in total. The van der Waals surface area contributed by atoms with Crippen LogP contribution in [0.5, 0.6) is 0 Å². The number of hydrogen-bond donors (Lipinski definition) is 4. The van der Waals surface area contributed by atoms with Crippen LogP contribution >= 0.6 is 0 Å². The van der Waals surface area contributed by atoms with E-state index in [1.807, 2.05) is 0 Å². The molecule has 0 spiro atoms. The molecule has 2 aromatic carbocycles. The number of para-hydroxylation sites is 4. The molecule has 0 amide bonds. The van der Waals surface area contributed by atoms with Crippen molar-refractivity contribution in [2.24, 2.45) is 0 Å². The Morgan fingerprint density at radius 1 is 0.774 bits per heavy atom. The molecule has 160 valence electrons. The number of rotatable bonds is 2. The number of carbonyl (C=O) groups is 2. The van der Waals surface area contributed by atoms with Crippen molar-refractivity contribution in [2.75, 3.05) is 13.2 Å². The summed E-state index contributed by atoms with van der Waals surface area (Å²) in [7, 11) is 0. The number of carboxylic acids is 2. The second-order valence-electron chi connectivity index (χ2n) is 5.41. The SMILES string of the molecule is CCO.CCO.O=C([O-])c1nc2ccccc2[nH]1.O=C([O-])c1nc2ccccc2[nH]1.[Cd+2]. The second kappa shape index (κ2) is 15.0. The fraction of sp³-hybridized carbons (Fsp3) is 0.200. The van der Waals surface area contributed by atoms with E-state index in [1.165, 1.54) is 0 Å². The van der Waals surface area contributed by atoms with Gasteiger partial charge in [0, 0.05) is 13.2 Å². The first-order chi connectivity index (χ1) is 14.4. The third-order valence-corrected chi connectivity index (χ3v) is 3.17. The van der Waals surface area contributed by atoms with E-state index in [-0.39, 0.29) is 52.2 Å². The van der Waals surface area contributed by atoms with Crippen LogP contribution in [0.4, 0.5) is 0 Å². The third kappa shape index (κ3) is 9.23. The summed E-state index contributed by atoms with van der Waals surface area (Å²) in [5.41, 5.74) is 2.68. The summed E-state index contributed by atoms with van der Waals surface area (Å²) >= 11 is 0. The van der Waals surface area contributed by atoms with Crippen LogP contribution < -0.4 is 10.2 Å². The summed E-state index contributed by atoms with van der Waals surface area (Å²) < 4.78 is 0. The van der Waals surface area contributed by atoms with E-state index in [0.29, 0.717) is 22.1 Å². The number of aromatic amines is 2. The van der Waals surface area contributed by atoms with Crippen LogP contribution in [-0.4, -0.2) is 55.3 Å². The van der Waals surface area contributed by atoms with Gasteiger partial charge >= 0.3 is 27.3 Å². The van der Waals surface area contributed by atoms with E-state index in [2.05, 4.69) is 19.9 Å². The van der Waals surface area contributed by atoms with Crippen LogP contribution in [0.25, 0.3) is 22.1 Å². The zero-order chi connectivity index (χ0) is 22.5. The predicted molar refractivity (Wildman–Crippen MR) is 106 cm³/mol. The van der Waals surface area contributed by atoms with E-state index in [9.17, 15) is 19.8 Å². The molecule has 4 rings (SSSR count). The van der Waals surface area contributed by atoms with Crippen molar-refractivity contribution in [1.29, 1.82) is 0 Å². The Kier molecular flexibility index (Phi) is 13.7. The number of nitrogens with zero attached hydrogens (tertiary/aromatic N) is 2. The molecule has 0 unspecified atom stereocenters. The average Bonchev–Trinajstić information content (AvgIpc) is 3.34. The van der Waals surface area contributed by atoms with E-state index in [1.54, 1.807) is 62.4 Å². The van der Waals surface area contributed by atoms with Crippen molar-refractivity contribution in [1.82, 2.24) is 19.9 Å². The molecule has 0 aliphatic rings. The zero-order valence-corrected chi connectivity index (χ0v) is 21.2. The number of imidazole rings is 2. The largest absolute Gasteiger partial charge is 2.00 e. The Labute approximate surface area is 198 Å². The number of aliphatic hydroxyl groups is 2. The van der Waals surface area contributed by atoms with Gasteiger partial charge in [-0.25, -0.2) is 9.97 Å². The Balaban J connectivity index is 0.000000453. The maximum Gasteiger partial charge on any atom is 2.00 e. The molecule has 0 fully saturated rings. The number of benzene rings is 2. The van der Waals surface area contributed by atoms with Gasteiger partial charge < -0.3 is 40.0 Å². The molecule has 0 aliphatic heterocycles. The molecule has 2 aromatic heterocycles. The average molecular weight is 527 g/mol.